The highest BCUT2D eigenvalue weighted by Gasteiger charge is 2.13. The summed E-state index contributed by atoms with van der Waals surface area (Å²) >= 11 is 0. The van der Waals surface area contributed by atoms with Crippen molar-refractivity contribution in [2.75, 3.05) is 21.3 Å². The summed E-state index contributed by atoms with van der Waals surface area (Å²) in [4.78, 5) is 36.4. The summed E-state index contributed by atoms with van der Waals surface area (Å²) in [5, 5.41) is 19.7. The topological polar surface area (TPSA) is 120 Å². The quantitative estimate of drug-likeness (QED) is 0.373. The first-order valence-corrected chi connectivity index (χ1v) is 9.55. The number of hydrogen-bond donors (Lipinski definition) is 5. The molecule has 0 saturated carbocycles. The molecule has 0 heterocycles. The lowest BCUT2D eigenvalue weighted by Gasteiger charge is -2.13. The molecule has 0 aromatic heterocycles. The van der Waals surface area contributed by atoms with Gasteiger partial charge in [0.15, 0.2) is 0 Å². The fraction of sp³-hybridized carbons (Fsp3) is 0. The Morgan fingerprint density at radius 1 is 0.667 bits per heavy atom. The van der Waals surface area contributed by atoms with E-state index in [0.29, 0.717) is 22.5 Å². The van der Waals surface area contributed by atoms with E-state index in [0.717, 1.165) is 0 Å². The zero-order chi connectivity index (χ0) is 23.8. The molecule has 162 valence electrons. The van der Waals surface area contributed by atoms with Crippen LogP contribution in [0.25, 0.3) is 0 Å². The Labute approximate surface area is 190 Å². The third kappa shape index (κ3) is 5.91. The molecular weight excluding hydrogens is 420 g/mol. The second-order valence-electron chi connectivity index (χ2n) is 6.64. The first kappa shape index (κ1) is 22.5. The molecule has 0 spiro atoms. The number of terminal acetylenes is 2. The zero-order valence-corrected chi connectivity index (χ0v) is 17.2. The largest absolute Gasteiger partial charge is 0.478 e. The van der Waals surface area contributed by atoms with Crippen molar-refractivity contribution in [3.8, 4) is 24.7 Å². The van der Waals surface area contributed by atoms with Crippen molar-refractivity contribution in [2.24, 2.45) is 0 Å². The number of carbonyl (C=O) groups is 3. The van der Waals surface area contributed by atoms with E-state index >= 15 is 0 Å². The SMILES string of the molecule is C#Cc1ccccc1NC(=O)Nc1cc(NC(=O)Nc2ccccc2C#C)cc(C(=O)O)c1. The fourth-order valence-electron chi connectivity index (χ4n) is 2.90. The van der Waals surface area contributed by atoms with Gasteiger partial charge in [-0.25, -0.2) is 14.4 Å². The van der Waals surface area contributed by atoms with Crippen molar-refractivity contribution < 1.29 is 19.5 Å². The molecule has 0 fully saturated rings. The van der Waals surface area contributed by atoms with Gasteiger partial charge in [-0.3, -0.25) is 0 Å². The van der Waals surface area contributed by atoms with Crippen molar-refractivity contribution in [2.45, 2.75) is 0 Å². The van der Waals surface area contributed by atoms with Crippen LogP contribution in [0, 0.1) is 24.7 Å². The number of amides is 4. The molecule has 0 atom stereocenters. The highest BCUT2D eigenvalue weighted by Crippen LogP contribution is 2.21. The van der Waals surface area contributed by atoms with Gasteiger partial charge in [-0.2, -0.15) is 0 Å². The highest BCUT2D eigenvalue weighted by molar-refractivity contribution is 6.04. The number of urea groups is 2. The Morgan fingerprint density at radius 2 is 1.09 bits per heavy atom. The molecule has 0 aliphatic rings. The smallest absolute Gasteiger partial charge is 0.335 e. The number of carboxylic acid groups (broad SMARTS) is 1. The van der Waals surface area contributed by atoms with Crippen LogP contribution in [0.3, 0.4) is 0 Å². The van der Waals surface area contributed by atoms with E-state index < -0.39 is 18.0 Å². The summed E-state index contributed by atoms with van der Waals surface area (Å²) in [6, 6.07) is 16.1. The van der Waals surface area contributed by atoms with Crippen molar-refractivity contribution >= 4 is 40.8 Å². The lowest BCUT2D eigenvalue weighted by Crippen LogP contribution is -2.22. The molecule has 8 nitrogen and oxygen atoms in total. The Bertz CT molecular complexity index is 1230. The van der Waals surface area contributed by atoms with Gasteiger partial charge in [0.05, 0.1) is 16.9 Å². The lowest BCUT2D eigenvalue weighted by molar-refractivity contribution is 0.0697. The van der Waals surface area contributed by atoms with Crippen LogP contribution >= 0.6 is 0 Å². The van der Waals surface area contributed by atoms with E-state index in [-0.39, 0.29) is 16.9 Å². The predicted octanol–water partition coefficient (Wildman–Crippen LogP) is 4.64. The van der Waals surface area contributed by atoms with Crippen LogP contribution < -0.4 is 21.3 Å². The van der Waals surface area contributed by atoms with Gasteiger partial charge < -0.3 is 26.4 Å². The number of carboxylic acids is 1. The summed E-state index contributed by atoms with van der Waals surface area (Å²) in [5.41, 5.74) is 1.94. The minimum atomic E-state index is -1.24. The standard InChI is InChI=1S/C25H18N4O4/c1-3-16-9-5-7-11-21(16)28-24(32)26-19-13-18(23(30)31)14-20(15-19)27-25(33)29-22-12-8-6-10-17(22)4-2/h1-2,5-15H,(H,30,31)(H2,26,28,32)(H2,27,29,33). The number of para-hydroxylation sites is 2. The van der Waals surface area contributed by atoms with Crippen LogP contribution in [-0.4, -0.2) is 23.1 Å². The average molecular weight is 438 g/mol. The van der Waals surface area contributed by atoms with Gasteiger partial charge in [-0.15, -0.1) is 12.8 Å². The minimum absolute atomic E-state index is 0.142. The summed E-state index contributed by atoms with van der Waals surface area (Å²) in [5.74, 6) is 3.68. The number of rotatable bonds is 5. The Morgan fingerprint density at radius 3 is 1.48 bits per heavy atom. The van der Waals surface area contributed by atoms with E-state index in [1.165, 1.54) is 18.2 Å². The second-order valence-corrected chi connectivity index (χ2v) is 6.64. The van der Waals surface area contributed by atoms with Gasteiger partial charge in [-0.05, 0) is 42.5 Å². The Kier molecular flexibility index (Phi) is 6.95. The minimum Gasteiger partial charge on any atom is -0.478 e. The third-order valence-electron chi connectivity index (χ3n) is 4.36. The van der Waals surface area contributed by atoms with Gasteiger partial charge >= 0.3 is 18.0 Å². The number of benzene rings is 3. The van der Waals surface area contributed by atoms with Gasteiger partial charge in [0, 0.05) is 22.5 Å². The first-order valence-electron chi connectivity index (χ1n) is 9.55. The molecule has 0 saturated heterocycles. The molecule has 4 amide bonds. The number of aromatic carboxylic acids is 1. The average Bonchev–Trinajstić information content (AvgIpc) is 2.79. The molecule has 5 N–H and O–H groups in total. The third-order valence-corrected chi connectivity index (χ3v) is 4.36. The molecule has 3 aromatic rings. The molecule has 0 radical (unpaired) electrons. The van der Waals surface area contributed by atoms with Crippen LogP contribution in [0.5, 0.6) is 0 Å². The number of nitrogens with one attached hydrogen (secondary N) is 4. The van der Waals surface area contributed by atoms with Gasteiger partial charge in [0.2, 0.25) is 0 Å². The summed E-state index contributed by atoms with van der Waals surface area (Å²) in [7, 11) is 0. The number of carbonyl (C=O) groups excluding carboxylic acids is 2. The zero-order valence-electron chi connectivity index (χ0n) is 17.2. The van der Waals surface area contributed by atoms with Gasteiger partial charge in [0.25, 0.3) is 0 Å². The van der Waals surface area contributed by atoms with Crippen LogP contribution in [0.4, 0.5) is 32.3 Å². The van der Waals surface area contributed by atoms with E-state index in [9.17, 15) is 19.5 Å². The molecule has 0 aliphatic heterocycles. The van der Waals surface area contributed by atoms with Crippen LogP contribution in [0.2, 0.25) is 0 Å². The molecule has 33 heavy (non-hydrogen) atoms. The maximum atomic E-state index is 12.4. The molecular formula is C25H18N4O4. The van der Waals surface area contributed by atoms with E-state index in [1.807, 2.05) is 0 Å². The van der Waals surface area contributed by atoms with Gasteiger partial charge in [-0.1, -0.05) is 36.1 Å². The molecule has 0 aliphatic carbocycles. The lowest BCUT2D eigenvalue weighted by atomic mass is 10.1. The summed E-state index contributed by atoms with van der Waals surface area (Å²) in [6.07, 6.45) is 10.9. The normalized spacial score (nSPS) is 9.64. The monoisotopic (exact) mass is 438 g/mol. The van der Waals surface area contributed by atoms with Crippen molar-refractivity contribution in [1.82, 2.24) is 0 Å². The summed E-state index contributed by atoms with van der Waals surface area (Å²) < 4.78 is 0. The maximum Gasteiger partial charge on any atom is 0.335 e. The van der Waals surface area contributed by atoms with E-state index in [2.05, 4.69) is 33.1 Å². The molecule has 0 bridgehead atoms. The second kappa shape index (κ2) is 10.2. The number of hydrogen-bond acceptors (Lipinski definition) is 3. The fourth-order valence-corrected chi connectivity index (χ4v) is 2.90. The molecule has 3 aromatic carbocycles. The Balaban J connectivity index is 1.77. The Hall–Kier alpha value is -5.21. The highest BCUT2D eigenvalue weighted by atomic mass is 16.4. The van der Waals surface area contributed by atoms with Crippen molar-refractivity contribution in [3.63, 3.8) is 0 Å². The predicted molar refractivity (Wildman–Crippen MR) is 127 cm³/mol. The van der Waals surface area contributed by atoms with Crippen LogP contribution in [0.15, 0.2) is 66.7 Å². The van der Waals surface area contributed by atoms with Crippen molar-refractivity contribution in [1.29, 1.82) is 0 Å². The maximum absolute atomic E-state index is 12.4. The van der Waals surface area contributed by atoms with Crippen LogP contribution in [0.1, 0.15) is 21.5 Å². The van der Waals surface area contributed by atoms with E-state index in [1.54, 1.807) is 48.5 Å². The van der Waals surface area contributed by atoms with E-state index in [4.69, 9.17) is 12.8 Å². The van der Waals surface area contributed by atoms with Crippen LogP contribution in [-0.2, 0) is 0 Å². The first-order chi connectivity index (χ1) is 15.9. The molecule has 3 rings (SSSR count). The van der Waals surface area contributed by atoms with Crippen molar-refractivity contribution in [3.05, 3.63) is 83.4 Å². The van der Waals surface area contributed by atoms with Gasteiger partial charge in [0.1, 0.15) is 0 Å². The summed E-state index contributed by atoms with van der Waals surface area (Å²) in [6.45, 7) is 0. The number of anilines is 4. The molecule has 8 heteroatoms. The molecule has 0 unspecified atom stereocenters.